The number of aryl methyl sites for hydroxylation is 1. The van der Waals surface area contributed by atoms with Gasteiger partial charge in [0.05, 0.1) is 24.8 Å². The van der Waals surface area contributed by atoms with Crippen LogP contribution in [0.1, 0.15) is 43.4 Å². The fraction of sp³-hybridized carbons (Fsp3) is 0.500. The van der Waals surface area contributed by atoms with Gasteiger partial charge >= 0.3 is 0 Å². The smallest absolute Gasteiger partial charge is 0.250 e. The van der Waals surface area contributed by atoms with Gasteiger partial charge in [0.15, 0.2) is 0 Å². The lowest BCUT2D eigenvalue weighted by atomic mass is 9.97. The van der Waals surface area contributed by atoms with Crippen LogP contribution < -0.4 is 20.9 Å². The number of furan rings is 1. The van der Waals surface area contributed by atoms with Crippen molar-refractivity contribution in [3.8, 4) is 0 Å². The molecule has 0 aliphatic carbocycles. The maximum atomic E-state index is 13.9. The van der Waals surface area contributed by atoms with Crippen LogP contribution in [0.25, 0.3) is 0 Å². The second kappa shape index (κ2) is 12.9. The molecule has 3 heterocycles. The fourth-order valence-electron chi connectivity index (χ4n) is 5.07. The molecule has 0 saturated carbocycles. The Labute approximate surface area is 226 Å². The van der Waals surface area contributed by atoms with E-state index < -0.39 is 36.6 Å². The van der Waals surface area contributed by atoms with Crippen molar-refractivity contribution in [1.82, 2.24) is 16.0 Å². The van der Waals surface area contributed by atoms with Gasteiger partial charge < -0.3 is 25.1 Å². The predicted octanol–water partition coefficient (Wildman–Crippen LogP) is 1.80. The third-order valence-corrected chi connectivity index (χ3v) is 7.34. The molecular formula is C28H35FN4O6. The molecule has 4 amide bonds. The summed E-state index contributed by atoms with van der Waals surface area (Å²) >= 11 is 0. The molecule has 1 aromatic heterocycles. The standard InChI is InChI=1S/C28H35FN4O6/c1-3-17(2)24(32-23(34)16-39-12-10-29)27(36)31-21-8-7-19-5-4-6-20-13-22(33(25(19)20)28(21)37)26(35)30-14-18-9-11-38-15-18/h4-6,9,11,15,17,21-22,24H,3,7-8,10,12-14,16H2,1-2H3,(H,30,35)(H,31,36)(H,32,34)/t17-,21-,22-,24-/m0/s1. The summed E-state index contributed by atoms with van der Waals surface area (Å²) in [6, 6.07) is 4.99. The molecule has 2 aromatic rings. The lowest BCUT2D eigenvalue weighted by Crippen LogP contribution is -2.58. The number of hydrogen-bond acceptors (Lipinski definition) is 6. The number of para-hydroxylation sites is 1. The maximum absolute atomic E-state index is 13.9. The Balaban J connectivity index is 1.50. The molecular weight excluding hydrogens is 507 g/mol. The number of hydrogen-bond donors (Lipinski definition) is 3. The second-order valence-corrected chi connectivity index (χ2v) is 9.97. The van der Waals surface area contributed by atoms with Gasteiger partial charge in [-0.3, -0.25) is 24.1 Å². The van der Waals surface area contributed by atoms with Gasteiger partial charge in [0.25, 0.3) is 0 Å². The number of alkyl halides is 1. The van der Waals surface area contributed by atoms with Crippen LogP contribution in [0.3, 0.4) is 0 Å². The molecule has 2 aliphatic heterocycles. The third kappa shape index (κ3) is 6.47. The van der Waals surface area contributed by atoms with Gasteiger partial charge in [0.1, 0.15) is 31.4 Å². The van der Waals surface area contributed by atoms with E-state index in [4.69, 9.17) is 9.15 Å². The van der Waals surface area contributed by atoms with E-state index in [0.717, 1.165) is 22.4 Å². The molecule has 0 spiro atoms. The molecule has 0 radical (unpaired) electrons. The van der Waals surface area contributed by atoms with E-state index in [1.54, 1.807) is 12.3 Å². The van der Waals surface area contributed by atoms with Crippen molar-refractivity contribution in [3.05, 3.63) is 53.5 Å². The second-order valence-electron chi connectivity index (χ2n) is 9.97. The van der Waals surface area contributed by atoms with Crippen molar-refractivity contribution in [1.29, 1.82) is 0 Å². The average Bonchev–Trinajstić information content (AvgIpc) is 3.57. The Morgan fingerprint density at radius 2 is 2.03 bits per heavy atom. The highest BCUT2D eigenvalue weighted by atomic mass is 19.1. The van der Waals surface area contributed by atoms with Crippen molar-refractivity contribution in [2.45, 2.75) is 64.2 Å². The van der Waals surface area contributed by atoms with Crippen LogP contribution >= 0.6 is 0 Å². The number of carbonyl (C=O) groups excluding carboxylic acids is 4. The van der Waals surface area contributed by atoms with Crippen LogP contribution in [-0.2, 0) is 43.3 Å². The van der Waals surface area contributed by atoms with E-state index in [1.165, 1.54) is 11.2 Å². The topological polar surface area (TPSA) is 130 Å². The van der Waals surface area contributed by atoms with Gasteiger partial charge in [-0.2, -0.15) is 0 Å². The highest BCUT2D eigenvalue weighted by Gasteiger charge is 2.44. The SMILES string of the molecule is CC[C@H](C)[C@H](NC(=O)COCCF)C(=O)N[C@H]1CCc2cccc3c2N(C1=O)[C@H](C(=O)NCc1ccoc1)C3. The largest absolute Gasteiger partial charge is 0.472 e. The fourth-order valence-corrected chi connectivity index (χ4v) is 5.07. The molecule has 210 valence electrons. The van der Waals surface area contributed by atoms with Crippen molar-refractivity contribution >= 4 is 29.3 Å². The summed E-state index contributed by atoms with van der Waals surface area (Å²) < 4.78 is 22.3. The molecule has 0 saturated heterocycles. The van der Waals surface area contributed by atoms with E-state index in [2.05, 4.69) is 16.0 Å². The summed E-state index contributed by atoms with van der Waals surface area (Å²) in [4.78, 5) is 54.4. The molecule has 2 aliphatic rings. The lowest BCUT2D eigenvalue weighted by Gasteiger charge is -2.30. The first-order valence-electron chi connectivity index (χ1n) is 13.3. The molecule has 4 rings (SSSR count). The quantitative estimate of drug-likeness (QED) is 0.351. The van der Waals surface area contributed by atoms with Crippen molar-refractivity contribution in [2.24, 2.45) is 5.92 Å². The van der Waals surface area contributed by atoms with E-state index in [-0.39, 0.29) is 37.5 Å². The van der Waals surface area contributed by atoms with Gasteiger partial charge in [0, 0.05) is 18.5 Å². The summed E-state index contributed by atoms with van der Waals surface area (Å²) in [6.07, 6.45) is 4.93. The van der Waals surface area contributed by atoms with Gasteiger partial charge in [-0.25, -0.2) is 4.39 Å². The minimum absolute atomic E-state index is 0.209. The summed E-state index contributed by atoms with van der Waals surface area (Å²) in [5.41, 5.74) is 3.40. The molecule has 4 atom stereocenters. The summed E-state index contributed by atoms with van der Waals surface area (Å²) in [6.45, 7) is 2.69. The number of benzene rings is 1. The Hall–Kier alpha value is -3.73. The minimum atomic E-state index is -0.905. The summed E-state index contributed by atoms with van der Waals surface area (Å²) in [5, 5.41) is 8.39. The maximum Gasteiger partial charge on any atom is 0.250 e. The number of carbonyl (C=O) groups is 4. The molecule has 11 heteroatoms. The van der Waals surface area contributed by atoms with E-state index in [0.29, 0.717) is 25.7 Å². The van der Waals surface area contributed by atoms with Crippen LogP contribution in [-0.4, -0.2) is 61.6 Å². The lowest BCUT2D eigenvalue weighted by molar-refractivity contribution is -0.134. The Kier molecular flexibility index (Phi) is 9.34. The van der Waals surface area contributed by atoms with E-state index >= 15 is 0 Å². The predicted molar refractivity (Wildman–Crippen MR) is 140 cm³/mol. The summed E-state index contributed by atoms with van der Waals surface area (Å²) in [7, 11) is 0. The van der Waals surface area contributed by atoms with Crippen LogP contribution in [0.5, 0.6) is 0 Å². The Morgan fingerprint density at radius 1 is 1.23 bits per heavy atom. The van der Waals surface area contributed by atoms with Crippen molar-refractivity contribution in [3.63, 3.8) is 0 Å². The zero-order valence-electron chi connectivity index (χ0n) is 22.2. The molecule has 10 nitrogen and oxygen atoms in total. The third-order valence-electron chi connectivity index (χ3n) is 7.34. The molecule has 0 bridgehead atoms. The first kappa shape index (κ1) is 28.3. The summed E-state index contributed by atoms with van der Waals surface area (Å²) in [5.74, 6) is -1.92. The molecule has 1 aromatic carbocycles. The van der Waals surface area contributed by atoms with Gasteiger partial charge in [-0.15, -0.1) is 0 Å². The monoisotopic (exact) mass is 542 g/mol. The number of halogens is 1. The van der Waals surface area contributed by atoms with Crippen LogP contribution in [0.2, 0.25) is 0 Å². The molecule has 0 fully saturated rings. The zero-order chi connectivity index (χ0) is 27.9. The number of nitrogens with zero attached hydrogens (tertiary/aromatic N) is 1. The van der Waals surface area contributed by atoms with Crippen molar-refractivity contribution < 1.29 is 32.7 Å². The Morgan fingerprint density at radius 3 is 2.74 bits per heavy atom. The first-order valence-corrected chi connectivity index (χ1v) is 13.3. The number of anilines is 1. The van der Waals surface area contributed by atoms with E-state index in [9.17, 15) is 23.6 Å². The van der Waals surface area contributed by atoms with E-state index in [1.807, 2.05) is 32.0 Å². The van der Waals surface area contributed by atoms with Crippen LogP contribution in [0.4, 0.5) is 10.1 Å². The molecule has 3 N–H and O–H groups in total. The van der Waals surface area contributed by atoms with Crippen molar-refractivity contribution in [2.75, 3.05) is 24.8 Å². The highest BCUT2D eigenvalue weighted by molar-refractivity contribution is 6.08. The zero-order valence-corrected chi connectivity index (χ0v) is 22.2. The number of rotatable bonds is 12. The van der Waals surface area contributed by atoms with Crippen LogP contribution in [0, 0.1) is 5.92 Å². The van der Waals surface area contributed by atoms with Gasteiger partial charge in [-0.1, -0.05) is 38.5 Å². The average molecular weight is 543 g/mol. The number of amides is 4. The van der Waals surface area contributed by atoms with Crippen LogP contribution in [0.15, 0.2) is 41.2 Å². The molecule has 0 unspecified atom stereocenters. The first-order chi connectivity index (χ1) is 18.8. The normalized spacial score (nSPS) is 19.6. The Bertz CT molecular complexity index is 1190. The molecule has 39 heavy (non-hydrogen) atoms. The number of nitrogens with one attached hydrogen (secondary N) is 3. The number of ether oxygens (including phenoxy) is 1. The minimum Gasteiger partial charge on any atom is -0.472 e. The highest BCUT2D eigenvalue weighted by Crippen LogP contribution is 2.39. The van der Waals surface area contributed by atoms with Gasteiger partial charge in [0.2, 0.25) is 23.6 Å². The van der Waals surface area contributed by atoms with Gasteiger partial charge in [-0.05, 0) is 36.0 Å².